The van der Waals surface area contributed by atoms with Gasteiger partial charge in [-0.1, -0.05) is 72.8 Å². The smallest absolute Gasteiger partial charge is 0.336 e. The third-order valence-electron chi connectivity index (χ3n) is 9.36. The molecule has 4 N–H and O–H groups in total. The van der Waals surface area contributed by atoms with Gasteiger partial charge >= 0.3 is 11.9 Å². The van der Waals surface area contributed by atoms with Gasteiger partial charge in [0.1, 0.15) is 23.0 Å². The van der Waals surface area contributed by atoms with Crippen LogP contribution in [0.4, 0.5) is 0 Å². The Labute approximate surface area is 312 Å². The number of carboxylic acids is 2. The van der Waals surface area contributed by atoms with Crippen molar-refractivity contribution in [2.75, 3.05) is 13.7 Å². The van der Waals surface area contributed by atoms with E-state index < -0.39 is 29.2 Å². The molecule has 6 aromatic carbocycles. The number of hydrogen-bond donors (Lipinski definition) is 4. The fourth-order valence-electron chi connectivity index (χ4n) is 7.09. The third kappa shape index (κ3) is 6.33. The molecule has 0 aromatic heterocycles. The molecule has 1 aliphatic carbocycles. The Hall–Kier alpha value is -6.77. The van der Waals surface area contributed by atoms with Crippen LogP contribution in [0.15, 0.2) is 133 Å². The molecule has 0 saturated carbocycles. The van der Waals surface area contributed by atoms with Gasteiger partial charge in [-0.05, 0) is 109 Å². The lowest BCUT2D eigenvalue weighted by Gasteiger charge is -2.34. The minimum Gasteiger partial charge on any atom is -0.478 e. The zero-order chi connectivity index (χ0) is 38.0. The van der Waals surface area contributed by atoms with Gasteiger partial charge in [-0.25, -0.2) is 9.59 Å². The molecule has 0 bridgehead atoms. The summed E-state index contributed by atoms with van der Waals surface area (Å²) in [7, 11) is 1.54. The highest BCUT2D eigenvalue weighted by molar-refractivity contribution is 7.35. The van der Waals surface area contributed by atoms with E-state index >= 15 is 0 Å². The van der Waals surface area contributed by atoms with Crippen LogP contribution in [0.5, 0.6) is 23.0 Å². The number of rotatable bonds is 11. The predicted octanol–water partition coefficient (Wildman–Crippen LogP) is 8.34. The van der Waals surface area contributed by atoms with E-state index in [0.29, 0.717) is 11.5 Å². The molecule has 0 heterocycles. The molecule has 6 aromatic rings. The fraction of sp³-hybridized carbons (Fsp3) is 0.0698. The number of carbonyl (C=O) groups excluding carboxylic acids is 2. The van der Waals surface area contributed by atoms with Gasteiger partial charge in [-0.15, -0.1) is 0 Å². The fourth-order valence-corrected chi connectivity index (χ4v) is 7.46. The van der Waals surface area contributed by atoms with Crippen LogP contribution in [0, 0.1) is 0 Å². The van der Waals surface area contributed by atoms with Gasteiger partial charge < -0.3 is 30.1 Å². The highest BCUT2D eigenvalue weighted by Gasteiger charge is 2.46. The molecule has 54 heavy (non-hydrogen) atoms. The molecule has 1 aliphatic rings. The van der Waals surface area contributed by atoms with Crippen molar-refractivity contribution in [3.63, 3.8) is 0 Å². The lowest BCUT2D eigenvalue weighted by molar-refractivity contribution is 0.0682. The Morgan fingerprint density at radius 3 is 1.35 bits per heavy atom. The molecule has 1 atom stereocenters. The van der Waals surface area contributed by atoms with Crippen molar-refractivity contribution in [1.82, 2.24) is 10.4 Å². The monoisotopic (exact) mass is 736 g/mol. The lowest BCUT2D eigenvalue weighted by Crippen LogP contribution is -2.28. The second-order valence-corrected chi connectivity index (χ2v) is 13.2. The quantitative estimate of drug-likeness (QED) is 0.0968. The Morgan fingerprint density at radius 2 is 0.944 bits per heavy atom. The molecule has 7 rings (SSSR count). The van der Waals surface area contributed by atoms with E-state index in [2.05, 4.69) is 34.7 Å². The molecule has 0 aliphatic heterocycles. The number of carbonyl (C=O) groups is 4. The topological polar surface area (TPSA) is 151 Å². The maximum Gasteiger partial charge on any atom is 0.336 e. The summed E-state index contributed by atoms with van der Waals surface area (Å²) in [5, 5.41) is 24.9. The largest absolute Gasteiger partial charge is 0.478 e. The number of amides is 2. The van der Waals surface area contributed by atoms with Crippen molar-refractivity contribution < 1.29 is 38.9 Å². The van der Waals surface area contributed by atoms with Crippen LogP contribution in [0.3, 0.4) is 0 Å². The summed E-state index contributed by atoms with van der Waals surface area (Å²) in [5.74, 6) is -2.19. The normalized spacial score (nSPS) is 12.4. The number of carboxylic acid groups (broad SMARTS) is 2. The van der Waals surface area contributed by atoms with Crippen molar-refractivity contribution in [2.24, 2.45) is 0 Å². The SMILES string of the molecule is CNC(=O)c1ccc(Oc2ccc3c(c2)-c2cc(Oc4ccc(C(=O)NPC)c(C(=O)O)c4)ccc2C3(c2ccccc2)c2ccccc2)cc1C(=O)O. The van der Waals surface area contributed by atoms with E-state index in [9.17, 15) is 29.4 Å². The molecule has 0 saturated heterocycles. The van der Waals surface area contributed by atoms with E-state index in [-0.39, 0.29) is 42.5 Å². The highest BCUT2D eigenvalue weighted by atomic mass is 31.1. The first-order chi connectivity index (χ1) is 26.1. The first-order valence-electron chi connectivity index (χ1n) is 16.9. The molecule has 0 spiro atoms. The first-order valence-corrected chi connectivity index (χ1v) is 18.4. The van der Waals surface area contributed by atoms with Gasteiger partial charge in [0, 0.05) is 7.05 Å². The average Bonchev–Trinajstić information content (AvgIpc) is 3.48. The number of aromatic carboxylic acids is 2. The second kappa shape index (κ2) is 14.7. The van der Waals surface area contributed by atoms with Crippen molar-refractivity contribution >= 4 is 32.5 Å². The number of hydrogen-bond acceptors (Lipinski definition) is 6. The van der Waals surface area contributed by atoms with E-state index in [4.69, 9.17) is 9.47 Å². The number of benzene rings is 6. The van der Waals surface area contributed by atoms with Crippen LogP contribution in [-0.4, -0.2) is 47.7 Å². The van der Waals surface area contributed by atoms with E-state index in [0.717, 1.165) is 33.4 Å². The van der Waals surface area contributed by atoms with Crippen molar-refractivity contribution in [2.45, 2.75) is 5.41 Å². The Kier molecular flexibility index (Phi) is 9.69. The molecular weight excluding hydrogens is 703 g/mol. The van der Waals surface area contributed by atoms with Gasteiger partial charge in [0.15, 0.2) is 0 Å². The summed E-state index contributed by atoms with van der Waals surface area (Å²) in [6.45, 7) is 1.78. The summed E-state index contributed by atoms with van der Waals surface area (Å²) in [6, 6.07) is 40.4. The summed E-state index contributed by atoms with van der Waals surface area (Å²) in [4.78, 5) is 49.1. The Balaban J connectivity index is 1.37. The maximum atomic E-state index is 12.6. The molecule has 268 valence electrons. The van der Waals surface area contributed by atoms with Crippen molar-refractivity contribution in [3.8, 4) is 34.1 Å². The standard InChI is InChI=1S/C43H33N2O8P/c1-44-39(46)31-17-13-27(23-35(31)41(48)49)52-29-15-19-37-33(21-29)34-22-30(53-28-14-18-32(40(47)45-54-2)36(24-28)42(50)51)16-20-38(34)43(37,25-9-5-3-6-10-25)26-11-7-4-8-12-26/h3-24,54H,1-2H3,(H,44,46)(H,45,47)(H,48,49)(H,50,51). The number of nitrogens with one attached hydrogen (secondary N) is 2. The summed E-state index contributed by atoms with van der Waals surface area (Å²) in [5.41, 5.74) is 4.59. The van der Waals surface area contributed by atoms with Crippen LogP contribution in [0.25, 0.3) is 11.1 Å². The number of ether oxygens (including phenoxy) is 2. The molecule has 0 fully saturated rings. The highest BCUT2D eigenvalue weighted by Crippen LogP contribution is 2.57. The molecular formula is C43H33N2O8P. The third-order valence-corrected chi connectivity index (χ3v) is 9.84. The van der Waals surface area contributed by atoms with Gasteiger partial charge in [0.25, 0.3) is 11.8 Å². The maximum absolute atomic E-state index is 12.6. The second-order valence-electron chi connectivity index (χ2n) is 12.4. The average molecular weight is 737 g/mol. The van der Waals surface area contributed by atoms with E-state index in [1.54, 1.807) is 18.8 Å². The van der Waals surface area contributed by atoms with Crippen LogP contribution in [0.1, 0.15) is 63.7 Å². The van der Waals surface area contributed by atoms with Crippen LogP contribution < -0.4 is 19.9 Å². The first kappa shape index (κ1) is 35.6. The zero-order valence-electron chi connectivity index (χ0n) is 29.0. The molecule has 2 amide bonds. The molecule has 10 nitrogen and oxygen atoms in total. The molecule has 11 heteroatoms. The Bertz CT molecular complexity index is 2410. The summed E-state index contributed by atoms with van der Waals surface area (Å²) >= 11 is 0. The minimum absolute atomic E-state index is 0.0120. The summed E-state index contributed by atoms with van der Waals surface area (Å²) in [6.07, 6.45) is 0. The van der Waals surface area contributed by atoms with Crippen LogP contribution >= 0.6 is 8.73 Å². The zero-order valence-corrected chi connectivity index (χ0v) is 30.0. The van der Waals surface area contributed by atoms with Gasteiger partial charge in [0.05, 0.1) is 27.7 Å². The van der Waals surface area contributed by atoms with Crippen LogP contribution in [0.2, 0.25) is 0 Å². The lowest BCUT2D eigenvalue weighted by atomic mass is 9.68. The molecule has 1 unspecified atom stereocenters. The van der Waals surface area contributed by atoms with Crippen LogP contribution in [-0.2, 0) is 5.41 Å². The van der Waals surface area contributed by atoms with Gasteiger partial charge in [-0.2, -0.15) is 0 Å². The van der Waals surface area contributed by atoms with E-state index in [1.807, 2.05) is 72.8 Å². The van der Waals surface area contributed by atoms with Crippen molar-refractivity contribution in [3.05, 3.63) is 178 Å². The summed E-state index contributed by atoms with van der Waals surface area (Å²) < 4.78 is 12.5. The van der Waals surface area contributed by atoms with Gasteiger partial charge in [0.2, 0.25) is 0 Å². The van der Waals surface area contributed by atoms with Gasteiger partial charge in [-0.3, -0.25) is 9.59 Å². The number of fused-ring (bicyclic) bond motifs is 3. The minimum atomic E-state index is -1.26. The predicted molar refractivity (Wildman–Crippen MR) is 206 cm³/mol. The molecule has 0 radical (unpaired) electrons. The van der Waals surface area contributed by atoms with Crippen molar-refractivity contribution in [1.29, 1.82) is 0 Å². The Morgan fingerprint density at radius 1 is 0.537 bits per heavy atom. The van der Waals surface area contributed by atoms with E-state index in [1.165, 1.54) is 31.3 Å².